The van der Waals surface area contributed by atoms with Gasteiger partial charge >= 0.3 is 7.12 Å². The van der Waals surface area contributed by atoms with E-state index >= 15 is 0 Å². The molecule has 0 aliphatic rings. The van der Waals surface area contributed by atoms with Crippen LogP contribution in [0.1, 0.15) is 33.6 Å². The highest BCUT2D eigenvalue weighted by Gasteiger charge is 2.39. The van der Waals surface area contributed by atoms with Gasteiger partial charge in [-0.3, -0.25) is 0 Å². The summed E-state index contributed by atoms with van der Waals surface area (Å²) in [5, 5.41) is 24.3. The van der Waals surface area contributed by atoms with E-state index < -0.39 is 18.3 Å². The molecule has 0 spiro atoms. The Morgan fingerprint density at radius 3 is 2.45 bits per heavy atom. The molecule has 6 nitrogen and oxygen atoms in total. The van der Waals surface area contributed by atoms with Crippen molar-refractivity contribution in [1.29, 1.82) is 0 Å². The van der Waals surface area contributed by atoms with Gasteiger partial charge in [-0.2, -0.15) is 4.98 Å². The van der Waals surface area contributed by atoms with Crippen molar-refractivity contribution in [3.8, 4) is 11.4 Å². The summed E-state index contributed by atoms with van der Waals surface area (Å²) in [4.78, 5) is 4.15. The van der Waals surface area contributed by atoms with Crippen LogP contribution < -0.4 is 5.46 Å². The average Bonchev–Trinajstić information content (AvgIpc) is 2.84. The Balaban J connectivity index is 2.23. The molecule has 1 aromatic heterocycles. The van der Waals surface area contributed by atoms with E-state index in [-0.39, 0.29) is 0 Å². The van der Waals surface area contributed by atoms with Crippen LogP contribution in [0.5, 0.6) is 0 Å². The maximum Gasteiger partial charge on any atom is 0.491 e. The molecule has 0 saturated heterocycles. The summed E-state index contributed by atoms with van der Waals surface area (Å²) in [6.45, 7) is 8.44. The van der Waals surface area contributed by atoms with E-state index in [1.807, 2.05) is 6.07 Å². The molecule has 0 atom stereocenters. The first-order valence-corrected chi connectivity index (χ1v) is 7.09. The molecule has 2 aromatic rings. The highest BCUT2D eigenvalue weighted by molar-refractivity contribution is 6.60. The lowest BCUT2D eigenvalue weighted by atomic mass is 9.76. The van der Waals surface area contributed by atoms with E-state index in [4.69, 9.17) is 9.18 Å². The third-order valence-electron chi connectivity index (χ3n) is 3.84. The van der Waals surface area contributed by atoms with Crippen LogP contribution in [0, 0.1) is 6.92 Å². The first-order valence-electron chi connectivity index (χ1n) is 7.09. The standard InChI is InChI=1S/C15H21BN2O4/c1-10-17-13(18-21-10)11-7-6-8-12(9-11)16(20)22-15(4,5)14(2,3)19/h6-9,19-20H,1-5H3. The molecule has 1 heterocycles. The van der Waals surface area contributed by atoms with E-state index in [1.165, 1.54) is 0 Å². The van der Waals surface area contributed by atoms with E-state index in [1.54, 1.807) is 52.8 Å². The summed E-state index contributed by atoms with van der Waals surface area (Å²) in [5.41, 5.74) is -0.753. The van der Waals surface area contributed by atoms with Crippen molar-refractivity contribution in [3.63, 3.8) is 0 Å². The van der Waals surface area contributed by atoms with Crippen molar-refractivity contribution >= 4 is 12.6 Å². The second-order valence-corrected chi connectivity index (χ2v) is 6.30. The van der Waals surface area contributed by atoms with Gasteiger partial charge in [0.25, 0.3) is 0 Å². The van der Waals surface area contributed by atoms with Crippen LogP contribution in [0.15, 0.2) is 28.8 Å². The van der Waals surface area contributed by atoms with Gasteiger partial charge in [-0.25, -0.2) is 0 Å². The van der Waals surface area contributed by atoms with Crippen molar-refractivity contribution in [2.45, 2.75) is 45.8 Å². The van der Waals surface area contributed by atoms with Crippen molar-refractivity contribution in [2.75, 3.05) is 0 Å². The summed E-state index contributed by atoms with van der Waals surface area (Å²) >= 11 is 0. The Labute approximate surface area is 130 Å². The summed E-state index contributed by atoms with van der Waals surface area (Å²) in [7, 11) is -1.17. The first kappa shape index (κ1) is 16.7. The minimum absolute atomic E-state index is 0.452. The quantitative estimate of drug-likeness (QED) is 0.809. The fourth-order valence-electron chi connectivity index (χ4n) is 1.74. The van der Waals surface area contributed by atoms with Crippen LogP contribution in [-0.2, 0) is 4.65 Å². The smallest absolute Gasteiger partial charge is 0.423 e. The molecular formula is C15H21BN2O4. The van der Waals surface area contributed by atoms with Crippen molar-refractivity contribution in [3.05, 3.63) is 30.2 Å². The Kier molecular flexibility index (Phi) is 4.42. The Morgan fingerprint density at radius 2 is 1.91 bits per heavy atom. The molecule has 0 amide bonds. The van der Waals surface area contributed by atoms with E-state index in [2.05, 4.69) is 10.1 Å². The molecule has 0 unspecified atom stereocenters. The maximum atomic E-state index is 10.3. The number of aromatic nitrogens is 2. The summed E-state index contributed by atoms with van der Waals surface area (Å²) in [5.74, 6) is 0.925. The SMILES string of the molecule is Cc1nc(-c2cccc(B(O)OC(C)(C)C(C)(C)O)c2)no1. The Bertz CT molecular complexity index is 649. The zero-order chi connectivity index (χ0) is 16.5. The lowest BCUT2D eigenvalue weighted by Crippen LogP contribution is -2.53. The van der Waals surface area contributed by atoms with Gasteiger partial charge in [-0.15, -0.1) is 0 Å². The van der Waals surface area contributed by atoms with Crippen LogP contribution in [0.25, 0.3) is 11.4 Å². The van der Waals surface area contributed by atoms with Crippen LogP contribution in [0.3, 0.4) is 0 Å². The number of hydrogen-bond donors (Lipinski definition) is 2. The van der Waals surface area contributed by atoms with Crippen molar-refractivity contribution in [2.24, 2.45) is 0 Å². The monoisotopic (exact) mass is 304 g/mol. The molecule has 0 radical (unpaired) electrons. The summed E-state index contributed by atoms with van der Waals surface area (Å²) in [6, 6.07) is 7.07. The largest absolute Gasteiger partial charge is 0.491 e. The number of aliphatic hydroxyl groups is 1. The molecule has 0 saturated carbocycles. The molecule has 0 aliphatic heterocycles. The number of benzene rings is 1. The second kappa shape index (κ2) is 5.83. The Morgan fingerprint density at radius 1 is 1.23 bits per heavy atom. The molecule has 0 fully saturated rings. The number of nitrogens with zero attached hydrogens (tertiary/aromatic N) is 2. The summed E-state index contributed by atoms with van der Waals surface area (Å²) in [6.07, 6.45) is 0. The van der Waals surface area contributed by atoms with Crippen LogP contribution in [0.2, 0.25) is 0 Å². The normalized spacial score (nSPS) is 12.5. The molecule has 2 rings (SSSR count). The van der Waals surface area contributed by atoms with Crippen LogP contribution >= 0.6 is 0 Å². The van der Waals surface area contributed by atoms with E-state index in [0.29, 0.717) is 17.2 Å². The van der Waals surface area contributed by atoms with Gasteiger partial charge in [-0.1, -0.05) is 29.4 Å². The van der Waals surface area contributed by atoms with E-state index in [0.717, 1.165) is 5.56 Å². The van der Waals surface area contributed by atoms with Gasteiger partial charge in [0, 0.05) is 12.5 Å². The fourth-order valence-corrected chi connectivity index (χ4v) is 1.74. The molecule has 1 aromatic carbocycles. The van der Waals surface area contributed by atoms with Crippen molar-refractivity contribution < 1.29 is 19.3 Å². The maximum absolute atomic E-state index is 10.3. The average molecular weight is 304 g/mol. The third-order valence-corrected chi connectivity index (χ3v) is 3.84. The van der Waals surface area contributed by atoms with Gasteiger partial charge in [0.15, 0.2) is 0 Å². The zero-order valence-electron chi connectivity index (χ0n) is 13.5. The summed E-state index contributed by atoms with van der Waals surface area (Å²) < 4.78 is 10.6. The lowest BCUT2D eigenvalue weighted by molar-refractivity contribution is -0.0982. The van der Waals surface area contributed by atoms with Gasteiger partial charge in [-0.05, 0) is 33.2 Å². The minimum atomic E-state index is -1.17. The van der Waals surface area contributed by atoms with Crippen molar-refractivity contribution in [1.82, 2.24) is 10.1 Å². The fraction of sp³-hybridized carbons (Fsp3) is 0.467. The zero-order valence-corrected chi connectivity index (χ0v) is 13.5. The molecule has 0 bridgehead atoms. The van der Waals surface area contributed by atoms with Gasteiger partial charge < -0.3 is 19.3 Å². The lowest BCUT2D eigenvalue weighted by Gasteiger charge is -2.38. The van der Waals surface area contributed by atoms with Crippen LogP contribution in [-0.4, -0.2) is 38.6 Å². The van der Waals surface area contributed by atoms with Gasteiger partial charge in [0.1, 0.15) is 0 Å². The Hall–Kier alpha value is -1.70. The predicted molar refractivity (Wildman–Crippen MR) is 83.5 cm³/mol. The highest BCUT2D eigenvalue weighted by Crippen LogP contribution is 2.25. The molecule has 22 heavy (non-hydrogen) atoms. The van der Waals surface area contributed by atoms with Crippen LogP contribution in [0.4, 0.5) is 0 Å². The number of hydrogen-bond acceptors (Lipinski definition) is 6. The molecule has 2 N–H and O–H groups in total. The number of rotatable bonds is 5. The third kappa shape index (κ3) is 3.55. The molecule has 0 aliphatic carbocycles. The minimum Gasteiger partial charge on any atom is -0.423 e. The number of aryl methyl sites for hydroxylation is 1. The molecular weight excluding hydrogens is 283 g/mol. The predicted octanol–water partition coefficient (Wildman–Crippen LogP) is 1.30. The molecule has 7 heteroatoms. The highest BCUT2D eigenvalue weighted by atomic mass is 16.5. The first-order chi connectivity index (χ1) is 10.1. The van der Waals surface area contributed by atoms with E-state index in [9.17, 15) is 10.1 Å². The van der Waals surface area contributed by atoms with Gasteiger partial charge in [0.2, 0.25) is 11.7 Å². The van der Waals surface area contributed by atoms with Gasteiger partial charge in [0.05, 0.1) is 11.2 Å². The molecule has 118 valence electrons. The topological polar surface area (TPSA) is 88.6 Å². The second-order valence-electron chi connectivity index (χ2n) is 6.30.